The Morgan fingerprint density at radius 1 is 1.17 bits per heavy atom. The molecular weight excluding hydrogens is 286 g/mol. The van der Waals surface area contributed by atoms with Gasteiger partial charge in [-0.05, 0) is 30.2 Å². The van der Waals surface area contributed by atoms with Crippen LogP contribution in [0.1, 0.15) is 30.3 Å². The molecule has 0 saturated carbocycles. The molecule has 0 bridgehead atoms. The third-order valence-corrected chi connectivity index (χ3v) is 3.37. The maximum absolute atomic E-state index is 9.32. The van der Waals surface area contributed by atoms with Gasteiger partial charge >= 0.3 is 0 Å². The largest absolute Gasteiger partial charge is 0.375 e. The number of anilines is 1. The minimum Gasteiger partial charge on any atom is -0.375 e. The first-order chi connectivity index (χ1) is 11.2. The minimum absolute atomic E-state index is 0.231. The number of benzene rings is 1. The second kappa shape index (κ2) is 7.72. The van der Waals surface area contributed by atoms with Crippen LogP contribution in [0.3, 0.4) is 0 Å². The number of aromatic nitrogens is 2. The Labute approximate surface area is 136 Å². The van der Waals surface area contributed by atoms with Gasteiger partial charge < -0.3 is 4.90 Å². The molecule has 2 rings (SSSR count). The lowest BCUT2D eigenvalue weighted by Crippen LogP contribution is -2.17. The SMILES string of the molecule is CCCN(C)c1ccc(/C=C(\C#N)c2cnc(C#N)cn2)cc1. The Hall–Kier alpha value is -3.18. The first-order valence-electron chi connectivity index (χ1n) is 7.33. The van der Waals surface area contributed by atoms with Gasteiger partial charge in [-0.1, -0.05) is 19.1 Å². The van der Waals surface area contributed by atoms with E-state index in [1.807, 2.05) is 30.3 Å². The summed E-state index contributed by atoms with van der Waals surface area (Å²) in [4.78, 5) is 10.2. The summed E-state index contributed by atoms with van der Waals surface area (Å²) in [6.07, 6.45) is 5.66. The first-order valence-corrected chi connectivity index (χ1v) is 7.33. The Morgan fingerprint density at radius 2 is 1.91 bits per heavy atom. The van der Waals surface area contributed by atoms with E-state index < -0.39 is 0 Å². The zero-order valence-corrected chi connectivity index (χ0v) is 13.2. The number of nitrogens with zero attached hydrogens (tertiary/aromatic N) is 5. The van der Waals surface area contributed by atoms with Crippen molar-refractivity contribution >= 4 is 17.3 Å². The van der Waals surface area contributed by atoms with Crippen LogP contribution >= 0.6 is 0 Å². The zero-order valence-electron chi connectivity index (χ0n) is 13.2. The topological polar surface area (TPSA) is 76.6 Å². The van der Waals surface area contributed by atoms with E-state index in [0.717, 1.165) is 24.2 Å². The van der Waals surface area contributed by atoms with E-state index in [1.54, 1.807) is 6.08 Å². The van der Waals surface area contributed by atoms with E-state index in [-0.39, 0.29) is 5.69 Å². The number of rotatable bonds is 5. The Bertz CT molecular complexity index is 761. The van der Waals surface area contributed by atoms with Gasteiger partial charge in [0.2, 0.25) is 0 Å². The highest BCUT2D eigenvalue weighted by atomic mass is 15.1. The molecule has 0 fully saturated rings. The van der Waals surface area contributed by atoms with Crippen molar-refractivity contribution in [2.24, 2.45) is 0 Å². The van der Waals surface area contributed by atoms with Crippen LogP contribution in [0.4, 0.5) is 5.69 Å². The van der Waals surface area contributed by atoms with Crippen molar-refractivity contribution in [3.63, 3.8) is 0 Å². The van der Waals surface area contributed by atoms with Crippen LogP contribution < -0.4 is 4.90 Å². The van der Waals surface area contributed by atoms with Gasteiger partial charge in [-0.15, -0.1) is 0 Å². The second-order valence-electron chi connectivity index (χ2n) is 5.08. The number of nitriles is 2. The molecule has 5 nitrogen and oxygen atoms in total. The van der Waals surface area contributed by atoms with Gasteiger partial charge in [-0.3, -0.25) is 4.98 Å². The minimum atomic E-state index is 0.231. The molecule has 0 radical (unpaired) electrons. The van der Waals surface area contributed by atoms with Crippen LogP contribution in [0, 0.1) is 22.7 Å². The summed E-state index contributed by atoms with van der Waals surface area (Å²) in [5.41, 5.74) is 3.16. The molecule has 0 unspecified atom stereocenters. The molecule has 1 aromatic heterocycles. The lowest BCUT2D eigenvalue weighted by molar-refractivity contribution is 0.852. The highest BCUT2D eigenvalue weighted by Gasteiger charge is 2.05. The van der Waals surface area contributed by atoms with Gasteiger partial charge in [-0.2, -0.15) is 10.5 Å². The smallest absolute Gasteiger partial charge is 0.158 e. The van der Waals surface area contributed by atoms with Crippen LogP contribution in [-0.2, 0) is 0 Å². The lowest BCUT2D eigenvalue weighted by Gasteiger charge is -2.18. The third-order valence-electron chi connectivity index (χ3n) is 3.37. The highest BCUT2D eigenvalue weighted by Crippen LogP contribution is 2.19. The van der Waals surface area contributed by atoms with Crippen molar-refractivity contribution in [2.45, 2.75) is 13.3 Å². The maximum atomic E-state index is 9.32. The van der Waals surface area contributed by atoms with Crippen molar-refractivity contribution in [2.75, 3.05) is 18.5 Å². The molecule has 2 aromatic rings. The van der Waals surface area contributed by atoms with E-state index in [0.29, 0.717) is 11.3 Å². The summed E-state index contributed by atoms with van der Waals surface area (Å²) in [7, 11) is 2.06. The van der Waals surface area contributed by atoms with Crippen LogP contribution in [-0.4, -0.2) is 23.6 Å². The fourth-order valence-electron chi connectivity index (χ4n) is 2.14. The number of hydrogen-bond donors (Lipinski definition) is 0. The normalized spacial score (nSPS) is 10.7. The molecule has 23 heavy (non-hydrogen) atoms. The molecule has 0 atom stereocenters. The van der Waals surface area contributed by atoms with Crippen molar-refractivity contribution in [1.29, 1.82) is 10.5 Å². The summed E-state index contributed by atoms with van der Waals surface area (Å²) in [6.45, 7) is 3.14. The quantitative estimate of drug-likeness (QED) is 0.792. The first kappa shape index (κ1) is 16.2. The molecule has 0 amide bonds. The van der Waals surface area contributed by atoms with Gasteiger partial charge in [0.1, 0.15) is 12.1 Å². The predicted molar refractivity (Wildman–Crippen MR) is 90.2 cm³/mol. The van der Waals surface area contributed by atoms with Crippen molar-refractivity contribution in [3.05, 3.63) is 53.6 Å². The summed E-state index contributed by atoms with van der Waals surface area (Å²) < 4.78 is 0. The van der Waals surface area contributed by atoms with E-state index in [1.165, 1.54) is 12.4 Å². The third kappa shape index (κ3) is 4.15. The van der Waals surface area contributed by atoms with Crippen molar-refractivity contribution in [1.82, 2.24) is 9.97 Å². The summed E-state index contributed by atoms with van der Waals surface area (Å²) in [5, 5.41) is 18.1. The molecule has 5 heteroatoms. The number of hydrogen-bond acceptors (Lipinski definition) is 5. The Morgan fingerprint density at radius 3 is 2.43 bits per heavy atom. The fraction of sp³-hybridized carbons (Fsp3) is 0.222. The lowest BCUT2D eigenvalue weighted by atomic mass is 10.1. The van der Waals surface area contributed by atoms with E-state index in [4.69, 9.17) is 5.26 Å². The van der Waals surface area contributed by atoms with Gasteiger partial charge in [0, 0.05) is 19.3 Å². The molecule has 0 spiro atoms. The monoisotopic (exact) mass is 303 g/mol. The van der Waals surface area contributed by atoms with Crippen molar-refractivity contribution < 1.29 is 0 Å². The fourth-order valence-corrected chi connectivity index (χ4v) is 2.14. The van der Waals surface area contributed by atoms with Gasteiger partial charge in [0.15, 0.2) is 5.69 Å². The second-order valence-corrected chi connectivity index (χ2v) is 5.08. The molecule has 0 saturated heterocycles. The summed E-state index contributed by atoms with van der Waals surface area (Å²) in [6, 6.07) is 12.0. The summed E-state index contributed by atoms with van der Waals surface area (Å²) in [5.74, 6) is 0. The Balaban J connectivity index is 2.24. The average molecular weight is 303 g/mol. The van der Waals surface area contributed by atoms with Crippen LogP contribution in [0.15, 0.2) is 36.7 Å². The van der Waals surface area contributed by atoms with E-state index in [2.05, 4.69) is 34.9 Å². The highest BCUT2D eigenvalue weighted by molar-refractivity contribution is 5.88. The van der Waals surface area contributed by atoms with E-state index >= 15 is 0 Å². The number of allylic oxidation sites excluding steroid dienone is 1. The summed E-state index contributed by atoms with van der Waals surface area (Å²) >= 11 is 0. The molecule has 0 N–H and O–H groups in total. The molecule has 114 valence electrons. The van der Waals surface area contributed by atoms with Gasteiger partial charge in [-0.25, -0.2) is 4.98 Å². The molecule has 0 aliphatic rings. The maximum Gasteiger partial charge on any atom is 0.158 e. The van der Waals surface area contributed by atoms with Crippen LogP contribution in [0.25, 0.3) is 11.6 Å². The molecular formula is C18H17N5. The molecule has 0 aliphatic carbocycles. The Kier molecular flexibility index (Phi) is 5.44. The standard InChI is InChI=1S/C18H17N5/c1-3-8-23(2)17-6-4-14(5-7-17)9-15(10-19)18-13-21-16(11-20)12-22-18/h4-7,9,12-13H,3,8H2,1-2H3/b15-9+. The molecule has 1 heterocycles. The van der Waals surface area contributed by atoms with Crippen LogP contribution in [0.2, 0.25) is 0 Å². The van der Waals surface area contributed by atoms with Crippen molar-refractivity contribution in [3.8, 4) is 12.1 Å². The van der Waals surface area contributed by atoms with Crippen LogP contribution in [0.5, 0.6) is 0 Å². The zero-order chi connectivity index (χ0) is 16.7. The molecule has 0 aliphatic heterocycles. The van der Waals surface area contributed by atoms with E-state index in [9.17, 15) is 5.26 Å². The van der Waals surface area contributed by atoms with Gasteiger partial charge in [0.25, 0.3) is 0 Å². The molecule has 1 aromatic carbocycles. The average Bonchev–Trinajstić information content (AvgIpc) is 2.60. The van der Waals surface area contributed by atoms with Gasteiger partial charge in [0.05, 0.1) is 23.7 Å². The predicted octanol–water partition coefficient (Wildman–Crippen LogP) is 3.26.